The zero-order valence-electron chi connectivity index (χ0n) is 10.6. The van der Waals surface area contributed by atoms with Crippen LogP contribution in [0.5, 0.6) is 0 Å². The summed E-state index contributed by atoms with van der Waals surface area (Å²) < 4.78 is 0. The quantitative estimate of drug-likeness (QED) is 0.748. The summed E-state index contributed by atoms with van der Waals surface area (Å²) in [7, 11) is 0. The SMILES string of the molecule is CCc1cccc(NC(=O)NCC(C)C(=O)O)c1. The average Bonchev–Trinajstić information content (AvgIpc) is 2.36. The fraction of sp³-hybridized carbons (Fsp3) is 0.385. The molecule has 1 aromatic rings. The lowest BCUT2D eigenvalue weighted by Gasteiger charge is -2.10. The van der Waals surface area contributed by atoms with E-state index in [1.165, 1.54) is 0 Å². The first-order valence-electron chi connectivity index (χ1n) is 5.89. The van der Waals surface area contributed by atoms with Gasteiger partial charge in [0, 0.05) is 12.2 Å². The Hall–Kier alpha value is -2.04. The molecule has 1 unspecified atom stereocenters. The van der Waals surface area contributed by atoms with E-state index in [-0.39, 0.29) is 6.54 Å². The highest BCUT2D eigenvalue weighted by atomic mass is 16.4. The number of hydrogen-bond donors (Lipinski definition) is 3. The number of anilines is 1. The molecule has 0 aromatic heterocycles. The van der Waals surface area contributed by atoms with Crippen molar-refractivity contribution >= 4 is 17.7 Å². The van der Waals surface area contributed by atoms with Gasteiger partial charge in [0.1, 0.15) is 0 Å². The number of amides is 2. The third kappa shape index (κ3) is 4.45. The first kappa shape index (κ1) is 14.0. The molecule has 5 heteroatoms. The fourth-order valence-electron chi connectivity index (χ4n) is 1.38. The molecule has 0 bridgehead atoms. The van der Waals surface area contributed by atoms with Crippen LogP contribution in [0, 0.1) is 5.92 Å². The molecule has 0 saturated carbocycles. The third-order valence-corrected chi connectivity index (χ3v) is 2.58. The number of urea groups is 1. The van der Waals surface area contributed by atoms with Crippen molar-refractivity contribution in [2.24, 2.45) is 5.92 Å². The maximum absolute atomic E-state index is 11.5. The summed E-state index contributed by atoms with van der Waals surface area (Å²) in [5.41, 5.74) is 1.83. The number of nitrogens with one attached hydrogen (secondary N) is 2. The van der Waals surface area contributed by atoms with Gasteiger partial charge in [0.05, 0.1) is 5.92 Å². The zero-order chi connectivity index (χ0) is 13.5. The van der Waals surface area contributed by atoms with Crippen molar-refractivity contribution in [3.05, 3.63) is 29.8 Å². The standard InChI is InChI=1S/C13H18N2O3/c1-3-10-5-4-6-11(7-10)15-13(18)14-8-9(2)12(16)17/h4-7,9H,3,8H2,1-2H3,(H,16,17)(H2,14,15,18). The summed E-state index contributed by atoms with van der Waals surface area (Å²) in [4.78, 5) is 22.1. The number of carboxylic acid groups (broad SMARTS) is 1. The maximum atomic E-state index is 11.5. The minimum Gasteiger partial charge on any atom is -0.481 e. The van der Waals surface area contributed by atoms with Gasteiger partial charge in [0.15, 0.2) is 0 Å². The molecule has 0 aliphatic rings. The van der Waals surface area contributed by atoms with E-state index in [4.69, 9.17) is 5.11 Å². The highest BCUT2D eigenvalue weighted by Gasteiger charge is 2.11. The van der Waals surface area contributed by atoms with E-state index in [1.54, 1.807) is 13.0 Å². The molecule has 5 nitrogen and oxygen atoms in total. The number of carbonyl (C=O) groups excluding carboxylic acids is 1. The van der Waals surface area contributed by atoms with Gasteiger partial charge in [-0.15, -0.1) is 0 Å². The summed E-state index contributed by atoms with van der Waals surface area (Å²) in [5, 5.41) is 13.9. The van der Waals surface area contributed by atoms with E-state index < -0.39 is 17.9 Å². The Kier molecular flexibility index (Phi) is 5.17. The van der Waals surface area contributed by atoms with Crippen LogP contribution in [-0.4, -0.2) is 23.7 Å². The van der Waals surface area contributed by atoms with Crippen molar-refractivity contribution in [1.82, 2.24) is 5.32 Å². The molecule has 0 aliphatic heterocycles. The highest BCUT2D eigenvalue weighted by Crippen LogP contribution is 2.10. The number of aryl methyl sites for hydroxylation is 1. The lowest BCUT2D eigenvalue weighted by molar-refractivity contribution is -0.140. The van der Waals surface area contributed by atoms with Crippen molar-refractivity contribution in [1.29, 1.82) is 0 Å². The molecule has 0 fully saturated rings. The molecule has 98 valence electrons. The number of aliphatic carboxylic acids is 1. The predicted molar refractivity (Wildman–Crippen MR) is 69.6 cm³/mol. The van der Waals surface area contributed by atoms with Crippen molar-refractivity contribution < 1.29 is 14.7 Å². The van der Waals surface area contributed by atoms with Gasteiger partial charge >= 0.3 is 12.0 Å². The Bertz CT molecular complexity index is 432. The van der Waals surface area contributed by atoms with E-state index >= 15 is 0 Å². The van der Waals surface area contributed by atoms with Crippen LogP contribution >= 0.6 is 0 Å². The van der Waals surface area contributed by atoms with Gasteiger partial charge in [-0.25, -0.2) is 4.79 Å². The second-order valence-corrected chi connectivity index (χ2v) is 4.13. The first-order valence-corrected chi connectivity index (χ1v) is 5.89. The Morgan fingerprint density at radius 2 is 2.11 bits per heavy atom. The van der Waals surface area contributed by atoms with Crippen molar-refractivity contribution in [2.75, 3.05) is 11.9 Å². The minimum absolute atomic E-state index is 0.106. The normalized spacial score (nSPS) is 11.7. The number of benzene rings is 1. The van der Waals surface area contributed by atoms with Gasteiger partial charge in [-0.2, -0.15) is 0 Å². The largest absolute Gasteiger partial charge is 0.481 e. The molecule has 1 aromatic carbocycles. The van der Waals surface area contributed by atoms with Crippen molar-refractivity contribution in [3.8, 4) is 0 Å². The van der Waals surface area contributed by atoms with Crippen LogP contribution in [0.3, 0.4) is 0 Å². The number of carbonyl (C=O) groups is 2. The minimum atomic E-state index is -0.928. The lowest BCUT2D eigenvalue weighted by atomic mass is 10.1. The van der Waals surface area contributed by atoms with Crippen LogP contribution in [0.15, 0.2) is 24.3 Å². The molecule has 1 rings (SSSR count). The Morgan fingerprint density at radius 3 is 2.72 bits per heavy atom. The monoisotopic (exact) mass is 250 g/mol. The topological polar surface area (TPSA) is 78.4 Å². The van der Waals surface area contributed by atoms with Gasteiger partial charge in [-0.3, -0.25) is 4.79 Å². The third-order valence-electron chi connectivity index (χ3n) is 2.58. The maximum Gasteiger partial charge on any atom is 0.319 e. The van der Waals surface area contributed by atoms with Crippen LogP contribution in [0.4, 0.5) is 10.5 Å². The zero-order valence-corrected chi connectivity index (χ0v) is 10.6. The van der Waals surface area contributed by atoms with E-state index in [0.717, 1.165) is 12.0 Å². The predicted octanol–water partition coefficient (Wildman–Crippen LogP) is 2.09. The Morgan fingerprint density at radius 1 is 1.39 bits per heavy atom. The van der Waals surface area contributed by atoms with Crippen LogP contribution in [0.1, 0.15) is 19.4 Å². The molecule has 0 saturated heterocycles. The summed E-state index contributed by atoms with van der Waals surface area (Å²) in [6.07, 6.45) is 0.896. The summed E-state index contributed by atoms with van der Waals surface area (Å²) in [6.45, 7) is 3.68. The van der Waals surface area contributed by atoms with E-state index in [0.29, 0.717) is 5.69 Å². The summed E-state index contributed by atoms with van der Waals surface area (Å²) >= 11 is 0. The first-order chi connectivity index (χ1) is 8.52. The molecule has 18 heavy (non-hydrogen) atoms. The van der Waals surface area contributed by atoms with Crippen LogP contribution in [0.2, 0.25) is 0 Å². The molecule has 3 N–H and O–H groups in total. The van der Waals surface area contributed by atoms with E-state index in [1.807, 2.05) is 25.1 Å². The molecular weight excluding hydrogens is 232 g/mol. The fourth-order valence-corrected chi connectivity index (χ4v) is 1.38. The summed E-state index contributed by atoms with van der Waals surface area (Å²) in [5.74, 6) is -1.53. The van der Waals surface area contributed by atoms with Gasteiger partial charge in [-0.1, -0.05) is 26.0 Å². The smallest absolute Gasteiger partial charge is 0.319 e. The van der Waals surface area contributed by atoms with Crippen LogP contribution in [0.25, 0.3) is 0 Å². The van der Waals surface area contributed by atoms with Crippen LogP contribution < -0.4 is 10.6 Å². The number of rotatable bonds is 5. The second kappa shape index (κ2) is 6.64. The van der Waals surface area contributed by atoms with Gasteiger partial charge in [0.2, 0.25) is 0 Å². The molecule has 2 amide bonds. The van der Waals surface area contributed by atoms with Crippen molar-refractivity contribution in [2.45, 2.75) is 20.3 Å². The molecule has 1 atom stereocenters. The van der Waals surface area contributed by atoms with Crippen molar-refractivity contribution in [3.63, 3.8) is 0 Å². The van der Waals surface area contributed by atoms with Gasteiger partial charge in [-0.05, 0) is 24.1 Å². The molecule has 0 heterocycles. The average molecular weight is 250 g/mol. The van der Waals surface area contributed by atoms with Crippen LogP contribution in [-0.2, 0) is 11.2 Å². The van der Waals surface area contributed by atoms with Gasteiger partial charge in [0.25, 0.3) is 0 Å². The summed E-state index contributed by atoms with van der Waals surface area (Å²) in [6, 6.07) is 7.14. The highest BCUT2D eigenvalue weighted by molar-refractivity contribution is 5.89. The van der Waals surface area contributed by atoms with E-state index in [9.17, 15) is 9.59 Å². The second-order valence-electron chi connectivity index (χ2n) is 4.13. The molecule has 0 spiro atoms. The molecular formula is C13H18N2O3. The lowest BCUT2D eigenvalue weighted by Crippen LogP contribution is -2.34. The Balaban J connectivity index is 2.46. The number of hydrogen-bond acceptors (Lipinski definition) is 2. The number of carboxylic acids is 1. The molecule has 0 aliphatic carbocycles. The molecule has 0 radical (unpaired) electrons. The Labute approximate surface area is 106 Å². The van der Waals surface area contributed by atoms with E-state index in [2.05, 4.69) is 10.6 Å². The van der Waals surface area contributed by atoms with Gasteiger partial charge < -0.3 is 15.7 Å².